The lowest BCUT2D eigenvalue weighted by atomic mass is 9.98. The van der Waals surface area contributed by atoms with Crippen LogP contribution in [-0.2, 0) is 4.79 Å². The van der Waals surface area contributed by atoms with Crippen LogP contribution in [0.3, 0.4) is 0 Å². The van der Waals surface area contributed by atoms with E-state index in [1.165, 1.54) is 14.2 Å². The molecule has 0 bridgehead atoms. The number of methoxy groups -OCH3 is 2. The number of nitriles is 1. The molecule has 3 aromatic carbocycles. The Kier molecular flexibility index (Phi) is 7.83. The minimum absolute atomic E-state index is 0.190. The van der Waals surface area contributed by atoms with Gasteiger partial charge in [0.1, 0.15) is 11.6 Å². The molecule has 0 spiro atoms. The van der Waals surface area contributed by atoms with Crippen LogP contribution in [0, 0.1) is 11.3 Å². The van der Waals surface area contributed by atoms with E-state index in [1.807, 2.05) is 48.5 Å². The molecule has 7 nitrogen and oxygen atoms in total. The van der Waals surface area contributed by atoms with E-state index < -0.39 is 0 Å². The maximum Gasteiger partial charge on any atom is 0.262 e. The van der Waals surface area contributed by atoms with Crippen LogP contribution in [0.4, 0.5) is 5.69 Å². The van der Waals surface area contributed by atoms with Crippen LogP contribution in [0.15, 0.2) is 83.3 Å². The quantitative estimate of drug-likeness (QED) is 0.289. The molecule has 8 heteroatoms. The summed E-state index contributed by atoms with van der Waals surface area (Å²) < 4.78 is 17.6. The van der Waals surface area contributed by atoms with Gasteiger partial charge in [0, 0.05) is 21.3 Å². The molecule has 0 radical (unpaired) electrons. The number of aromatic nitrogens is 1. The normalized spacial score (nSPS) is 10.3. The predicted molar refractivity (Wildman–Crippen MR) is 141 cm³/mol. The topological polar surface area (TPSA) is 93.5 Å². The largest absolute Gasteiger partial charge is 0.493 e. The second-order valence-electron chi connectivity index (χ2n) is 7.63. The van der Waals surface area contributed by atoms with Gasteiger partial charge < -0.3 is 19.5 Å². The highest BCUT2D eigenvalue weighted by molar-refractivity contribution is 9.10. The van der Waals surface area contributed by atoms with Crippen molar-refractivity contribution >= 4 is 27.5 Å². The highest BCUT2D eigenvalue weighted by Crippen LogP contribution is 2.38. The Morgan fingerprint density at radius 1 is 0.944 bits per heavy atom. The molecule has 0 unspecified atom stereocenters. The molecule has 0 atom stereocenters. The Balaban J connectivity index is 1.64. The number of carbonyl (C=O) groups is 1. The highest BCUT2D eigenvalue weighted by atomic mass is 79.9. The molecule has 180 valence electrons. The second-order valence-corrected chi connectivity index (χ2v) is 8.54. The maximum absolute atomic E-state index is 12.3. The lowest BCUT2D eigenvalue weighted by Crippen LogP contribution is -2.20. The van der Waals surface area contributed by atoms with Gasteiger partial charge in [-0.05, 0) is 48.0 Å². The molecule has 0 saturated carbocycles. The lowest BCUT2D eigenvalue weighted by Gasteiger charge is -2.15. The number of para-hydroxylation sites is 1. The summed E-state index contributed by atoms with van der Waals surface area (Å²) in [5.41, 5.74) is 3.86. The van der Waals surface area contributed by atoms with Gasteiger partial charge in [-0.1, -0.05) is 52.3 Å². The van der Waals surface area contributed by atoms with Crippen molar-refractivity contribution in [3.05, 3.63) is 88.9 Å². The monoisotopic (exact) mass is 543 g/mol. The van der Waals surface area contributed by atoms with Gasteiger partial charge in [-0.25, -0.2) is 4.98 Å². The lowest BCUT2D eigenvalue weighted by molar-refractivity contribution is -0.118. The Morgan fingerprint density at radius 3 is 2.33 bits per heavy atom. The number of rotatable bonds is 8. The predicted octanol–water partition coefficient (Wildman–Crippen LogP) is 6.08. The highest BCUT2D eigenvalue weighted by Gasteiger charge is 2.18. The average Bonchev–Trinajstić information content (AvgIpc) is 2.92. The molecular formula is C28H22BrN3O4. The fourth-order valence-corrected chi connectivity index (χ4v) is 3.85. The molecule has 1 aromatic heterocycles. The summed E-state index contributed by atoms with van der Waals surface area (Å²) in [6.07, 6.45) is 0. The summed E-state index contributed by atoms with van der Waals surface area (Å²) in [4.78, 5) is 16.8. The molecule has 4 aromatic rings. The Labute approximate surface area is 217 Å². The first kappa shape index (κ1) is 24.8. The van der Waals surface area contributed by atoms with Crippen molar-refractivity contribution in [1.82, 2.24) is 4.98 Å². The van der Waals surface area contributed by atoms with Crippen molar-refractivity contribution in [3.8, 4) is 45.8 Å². The first-order valence-electron chi connectivity index (χ1n) is 10.9. The number of halogens is 1. The van der Waals surface area contributed by atoms with E-state index in [1.54, 1.807) is 30.3 Å². The van der Waals surface area contributed by atoms with Crippen LogP contribution in [0.25, 0.3) is 22.4 Å². The number of hydrogen-bond donors (Lipinski definition) is 1. The fourth-order valence-electron chi connectivity index (χ4n) is 3.59. The maximum atomic E-state index is 12.3. The summed E-state index contributed by atoms with van der Waals surface area (Å²) in [5, 5.41) is 12.6. The molecule has 0 aliphatic rings. The van der Waals surface area contributed by atoms with E-state index in [4.69, 9.17) is 14.2 Å². The van der Waals surface area contributed by atoms with E-state index in [-0.39, 0.29) is 18.4 Å². The van der Waals surface area contributed by atoms with Crippen molar-refractivity contribution in [2.45, 2.75) is 0 Å². The van der Waals surface area contributed by atoms with E-state index in [2.05, 4.69) is 32.3 Å². The van der Waals surface area contributed by atoms with Crippen LogP contribution >= 0.6 is 15.9 Å². The summed E-state index contributed by atoms with van der Waals surface area (Å²) in [7, 11) is 3.00. The zero-order valence-corrected chi connectivity index (χ0v) is 21.2. The van der Waals surface area contributed by atoms with E-state index in [9.17, 15) is 10.1 Å². The van der Waals surface area contributed by atoms with E-state index in [0.29, 0.717) is 39.6 Å². The van der Waals surface area contributed by atoms with Gasteiger partial charge in [-0.3, -0.25) is 4.79 Å². The van der Waals surface area contributed by atoms with E-state index in [0.717, 1.165) is 10.0 Å². The fraction of sp³-hybridized carbons (Fsp3) is 0.107. The molecule has 0 aliphatic heterocycles. The summed E-state index contributed by atoms with van der Waals surface area (Å²) in [5.74, 6) is 0.754. The third-order valence-electron chi connectivity index (χ3n) is 5.32. The molecule has 36 heavy (non-hydrogen) atoms. The van der Waals surface area contributed by atoms with Gasteiger partial charge in [0.15, 0.2) is 18.1 Å². The van der Waals surface area contributed by atoms with Crippen molar-refractivity contribution < 1.29 is 19.0 Å². The molecule has 1 N–H and O–H groups in total. The number of nitrogens with one attached hydrogen (secondary N) is 1. The molecule has 4 rings (SSSR count). The smallest absolute Gasteiger partial charge is 0.262 e. The van der Waals surface area contributed by atoms with Gasteiger partial charge in [0.2, 0.25) is 5.88 Å². The van der Waals surface area contributed by atoms with Crippen molar-refractivity contribution in [1.29, 1.82) is 5.26 Å². The van der Waals surface area contributed by atoms with Gasteiger partial charge in [0.25, 0.3) is 5.91 Å². The molecule has 0 aliphatic carbocycles. The average molecular weight is 544 g/mol. The number of carbonyl (C=O) groups excluding carboxylic acids is 1. The standard InChI is InChI=1S/C28H22BrN3O4/c1-34-26-14-19(10-13-25(26)36-17-27(33)31-21-6-4-3-5-7-21)22-15-24(18-8-11-20(29)12-9-18)32-28(35-2)23(22)16-30/h3-15H,17H2,1-2H3,(H,31,33). The van der Waals surface area contributed by atoms with Crippen LogP contribution < -0.4 is 19.5 Å². The van der Waals surface area contributed by atoms with Gasteiger partial charge in [-0.2, -0.15) is 5.26 Å². The van der Waals surface area contributed by atoms with Gasteiger partial charge in [0.05, 0.1) is 19.9 Å². The summed E-state index contributed by atoms with van der Waals surface area (Å²) >= 11 is 3.44. The molecular weight excluding hydrogens is 522 g/mol. The summed E-state index contributed by atoms with van der Waals surface area (Å²) in [6, 6.07) is 26.1. The molecule has 0 saturated heterocycles. The SMILES string of the molecule is COc1cc(-c2cc(-c3ccc(Br)cc3)nc(OC)c2C#N)ccc1OCC(=O)Nc1ccccc1. The number of nitrogens with zero attached hydrogens (tertiary/aromatic N) is 2. The van der Waals surface area contributed by atoms with Gasteiger partial charge in [-0.15, -0.1) is 0 Å². The third-order valence-corrected chi connectivity index (χ3v) is 5.85. The molecule has 1 heterocycles. The minimum Gasteiger partial charge on any atom is -0.493 e. The molecule has 0 fully saturated rings. The van der Waals surface area contributed by atoms with Crippen LogP contribution in [0.1, 0.15) is 5.56 Å². The van der Waals surface area contributed by atoms with Crippen LogP contribution in [0.2, 0.25) is 0 Å². The number of amides is 1. The van der Waals surface area contributed by atoms with Crippen LogP contribution in [-0.4, -0.2) is 31.7 Å². The van der Waals surface area contributed by atoms with Crippen molar-refractivity contribution in [3.63, 3.8) is 0 Å². The van der Waals surface area contributed by atoms with Gasteiger partial charge >= 0.3 is 0 Å². The number of hydrogen-bond acceptors (Lipinski definition) is 6. The van der Waals surface area contributed by atoms with Crippen molar-refractivity contribution in [2.24, 2.45) is 0 Å². The Morgan fingerprint density at radius 2 is 1.67 bits per heavy atom. The zero-order valence-electron chi connectivity index (χ0n) is 19.6. The number of anilines is 1. The van der Waals surface area contributed by atoms with E-state index >= 15 is 0 Å². The van der Waals surface area contributed by atoms with Crippen LogP contribution in [0.5, 0.6) is 17.4 Å². The molecule has 1 amide bonds. The third kappa shape index (κ3) is 5.65. The second kappa shape index (κ2) is 11.4. The number of benzene rings is 3. The Hall–Kier alpha value is -4.35. The van der Waals surface area contributed by atoms with Crippen molar-refractivity contribution in [2.75, 3.05) is 26.1 Å². The summed E-state index contributed by atoms with van der Waals surface area (Å²) in [6.45, 7) is -0.190. The first-order chi connectivity index (χ1) is 17.5. The Bertz CT molecular complexity index is 1420. The number of pyridine rings is 1. The number of ether oxygens (including phenoxy) is 3. The first-order valence-corrected chi connectivity index (χ1v) is 11.7. The zero-order chi connectivity index (χ0) is 25.5. The minimum atomic E-state index is -0.294.